The van der Waals surface area contributed by atoms with Crippen LogP contribution in [0.25, 0.3) is 0 Å². The van der Waals surface area contributed by atoms with E-state index in [1.165, 1.54) is 6.07 Å². The highest BCUT2D eigenvalue weighted by molar-refractivity contribution is 6.01. The maximum Gasteiger partial charge on any atom is 0.416 e. The number of alkyl halides is 3. The van der Waals surface area contributed by atoms with Crippen LogP contribution in [0.4, 0.5) is 18.9 Å². The third-order valence-electron chi connectivity index (χ3n) is 8.58. The Morgan fingerprint density at radius 1 is 0.860 bits per heavy atom. The molecule has 10 heteroatoms. The van der Waals surface area contributed by atoms with Gasteiger partial charge < -0.3 is 24.2 Å². The molecule has 2 atom stereocenters. The lowest BCUT2D eigenvalue weighted by Crippen LogP contribution is -2.54. The van der Waals surface area contributed by atoms with Gasteiger partial charge in [0.25, 0.3) is 5.91 Å². The van der Waals surface area contributed by atoms with Crippen molar-refractivity contribution in [2.24, 2.45) is 0 Å². The van der Waals surface area contributed by atoms with E-state index in [9.17, 15) is 22.8 Å². The molecule has 3 heterocycles. The van der Waals surface area contributed by atoms with Gasteiger partial charge in [-0.2, -0.15) is 13.2 Å². The summed E-state index contributed by atoms with van der Waals surface area (Å²) in [4.78, 5) is 33.7. The third-order valence-corrected chi connectivity index (χ3v) is 8.58. The predicted molar refractivity (Wildman–Crippen MR) is 156 cm³/mol. The van der Waals surface area contributed by atoms with E-state index >= 15 is 0 Å². The molecule has 7 nitrogen and oxygen atoms in total. The number of carbonyl (C=O) groups is 2. The number of ether oxygens (including phenoxy) is 2. The lowest BCUT2D eigenvalue weighted by Gasteiger charge is -2.47. The van der Waals surface area contributed by atoms with Crippen molar-refractivity contribution in [2.75, 3.05) is 50.8 Å². The first-order chi connectivity index (χ1) is 20.7. The first-order valence-electron chi connectivity index (χ1n) is 14.7. The van der Waals surface area contributed by atoms with Crippen molar-refractivity contribution >= 4 is 17.5 Å². The number of benzene rings is 3. The van der Waals surface area contributed by atoms with Crippen molar-refractivity contribution in [1.82, 2.24) is 9.80 Å². The zero-order valence-corrected chi connectivity index (χ0v) is 24.2. The van der Waals surface area contributed by atoms with Crippen LogP contribution >= 0.6 is 0 Å². The number of hydrogen-bond donors (Lipinski definition) is 0. The topological polar surface area (TPSA) is 62.3 Å². The van der Waals surface area contributed by atoms with E-state index in [1.54, 1.807) is 17.0 Å². The smallest absolute Gasteiger partial charge is 0.416 e. The molecule has 0 saturated carbocycles. The monoisotopic (exact) mass is 593 g/mol. The Labute approximate surface area is 248 Å². The number of rotatable bonds is 6. The predicted octanol–water partition coefficient (Wildman–Crippen LogP) is 5.69. The molecule has 0 radical (unpaired) electrons. The first kappa shape index (κ1) is 28.9. The SMILES string of the molecule is CCOc1cc2c(cc1OCC)[C@H]1[C@H](C(=O)N3CCN(c4cccc(C(F)(F)F)c4)CC3)c3ccccc3C(=O)N1CC2. The minimum Gasteiger partial charge on any atom is -0.490 e. The number of anilines is 1. The van der Waals surface area contributed by atoms with E-state index in [4.69, 9.17) is 9.47 Å². The Morgan fingerprint density at radius 3 is 2.26 bits per heavy atom. The van der Waals surface area contributed by atoms with Gasteiger partial charge in [0.2, 0.25) is 5.91 Å². The minimum atomic E-state index is -4.42. The van der Waals surface area contributed by atoms with Gasteiger partial charge in [-0.3, -0.25) is 9.59 Å². The van der Waals surface area contributed by atoms with Crippen molar-refractivity contribution in [3.8, 4) is 11.5 Å². The van der Waals surface area contributed by atoms with Crippen LogP contribution in [0.5, 0.6) is 11.5 Å². The van der Waals surface area contributed by atoms with E-state index < -0.39 is 23.7 Å². The van der Waals surface area contributed by atoms with Crippen LogP contribution in [0.1, 0.15) is 58.4 Å². The lowest BCUT2D eigenvalue weighted by atomic mass is 9.75. The number of piperazine rings is 1. The van der Waals surface area contributed by atoms with E-state index in [0.29, 0.717) is 80.7 Å². The summed E-state index contributed by atoms with van der Waals surface area (Å²) in [7, 11) is 0. The van der Waals surface area contributed by atoms with Gasteiger partial charge in [0.15, 0.2) is 11.5 Å². The largest absolute Gasteiger partial charge is 0.490 e. The number of amides is 2. The van der Waals surface area contributed by atoms with Crippen LogP contribution in [0.3, 0.4) is 0 Å². The average molecular weight is 594 g/mol. The van der Waals surface area contributed by atoms with E-state index in [-0.39, 0.29) is 11.8 Å². The fraction of sp³-hybridized carbons (Fsp3) is 0.394. The lowest BCUT2D eigenvalue weighted by molar-refractivity contribution is -0.137. The molecule has 226 valence electrons. The fourth-order valence-electron chi connectivity index (χ4n) is 6.60. The van der Waals surface area contributed by atoms with Gasteiger partial charge in [-0.05, 0) is 73.4 Å². The third kappa shape index (κ3) is 5.28. The van der Waals surface area contributed by atoms with Crippen LogP contribution in [0, 0.1) is 0 Å². The van der Waals surface area contributed by atoms with Crippen molar-refractivity contribution in [3.05, 3.63) is 88.5 Å². The Balaban J connectivity index is 1.33. The standard InChI is InChI=1S/C33H34F3N3O4/c1-3-42-27-18-21-12-13-39-30(26(21)20-28(27)43-4-2)29(24-10-5-6-11-25(24)31(39)40)32(41)38-16-14-37(15-17-38)23-9-7-8-22(19-23)33(34,35)36/h5-11,18-20,29-30H,3-4,12-17H2,1-2H3/t29-,30+/m1/s1. The van der Waals surface area contributed by atoms with Gasteiger partial charge in [0.05, 0.1) is 30.7 Å². The molecule has 0 aliphatic carbocycles. The summed E-state index contributed by atoms with van der Waals surface area (Å²) in [5.41, 5.74) is 2.91. The van der Waals surface area contributed by atoms with E-state index in [2.05, 4.69) is 0 Å². The Morgan fingerprint density at radius 2 is 1.56 bits per heavy atom. The Kier molecular flexibility index (Phi) is 7.70. The van der Waals surface area contributed by atoms with Crippen LogP contribution in [0.2, 0.25) is 0 Å². The summed E-state index contributed by atoms with van der Waals surface area (Å²) in [6.45, 7) is 6.71. The van der Waals surface area contributed by atoms with Crippen LogP contribution < -0.4 is 14.4 Å². The second kappa shape index (κ2) is 11.5. The minimum absolute atomic E-state index is 0.0988. The molecule has 6 rings (SSSR count). The molecule has 3 aliphatic heterocycles. The van der Waals surface area contributed by atoms with Gasteiger partial charge in [-0.25, -0.2) is 0 Å². The first-order valence-corrected chi connectivity index (χ1v) is 14.7. The molecule has 0 bridgehead atoms. The number of carbonyl (C=O) groups excluding carboxylic acids is 2. The Bertz CT molecular complexity index is 1530. The molecule has 0 spiro atoms. The second-order valence-electron chi connectivity index (χ2n) is 11.0. The summed E-state index contributed by atoms with van der Waals surface area (Å²) < 4.78 is 51.7. The highest BCUT2D eigenvalue weighted by atomic mass is 19.4. The van der Waals surface area contributed by atoms with Gasteiger partial charge in [0.1, 0.15) is 0 Å². The number of halogens is 3. The van der Waals surface area contributed by atoms with Gasteiger partial charge in [0, 0.05) is 44.0 Å². The molecule has 0 unspecified atom stereocenters. The summed E-state index contributed by atoms with van der Waals surface area (Å²) in [5.74, 6) is 0.389. The molecule has 0 N–H and O–H groups in total. The maximum atomic E-state index is 14.5. The summed E-state index contributed by atoms with van der Waals surface area (Å²) in [6, 6.07) is 16.0. The molecule has 3 aromatic carbocycles. The molecule has 3 aromatic rings. The van der Waals surface area contributed by atoms with Gasteiger partial charge in [-0.1, -0.05) is 24.3 Å². The molecule has 1 saturated heterocycles. The fourth-order valence-corrected chi connectivity index (χ4v) is 6.60. The van der Waals surface area contributed by atoms with E-state index in [1.807, 2.05) is 54.0 Å². The zero-order chi connectivity index (χ0) is 30.3. The molecule has 2 amide bonds. The van der Waals surface area contributed by atoms with Gasteiger partial charge in [-0.15, -0.1) is 0 Å². The molecule has 1 fully saturated rings. The van der Waals surface area contributed by atoms with Crippen LogP contribution in [-0.4, -0.2) is 67.6 Å². The zero-order valence-electron chi connectivity index (χ0n) is 24.2. The molecular weight excluding hydrogens is 559 g/mol. The number of fused-ring (bicyclic) bond motifs is 4. The van der Waals surface area contributed by atoms with Gasteiger partial charge >= 0.3 is 6.18 Å². The summed E-state index contributed by atoms with van der Waals surface area (Å²) >= 11 is 0. The quantitative estimate of drug-likeness (QED) is 0.368. The maximum absolute atomic E-state index is 14.5. The van der Waals surface area contributed by atoms with Crippen molar-refractivity contribution < 1.29 is 32.2 Å². The highest BCUT2D eigenvalue weighted by Crippen LogP contribution is 2.49. The summed E-state index contributed by atoms with van der Waals surface area (Å²) in [6.07, 6.45) is -3.80. The second-order valence-corrected chi connectivity index (χ2v) is 11.0. The van der Waals surface area contributed by atoms with Crippen LogP contribution in [-0.2, 0) is 17.4 Å². The summed E-state index contributed by atoms with van der Waals surface area (Å²) in [5, 5.41) is 0. The van der Waals surface area contributed by atoms with E-state index in [0.717, 1.165) is 23.3 Å². The Hall–Kier alpha value is -4.21. The normalized spacial score (nSPS) is 19.8. The van der Waals surface area contributed by atoms with Crippen molar-refractivity contribution in [3.63, 3.8) is 0 Å². The molecule has 0 aromatic heterocycles. The average Bonchev–Trinajstić information content (AvgIpc) is 3.01. The number of hydrogen-bond acceptors (Lipinski definition) is 5. The highest BCUT2D eigenvalue weighted by Gasteiger charge is 2.48. The van der Waals surface area contributed by atoms with Crippen molar-refractivity contribution in [2.45, 2.75) is 38.4 Å². The molecular formula is C33H34F3N3O4. The molecule has 3 aliphatic rings. The van der Waals surface area contributed by atoms with Crippen LogP contribution in [0.15, 0.2) is 60.7 Å². The van der Waals surface area contributed by atoms with Crippen molar-refractivity contribution in [1.29, 1.82) is 0 Å². The number of nitrogens with zero attached hydrogens (tertiary/aromatic N) is 3. The molecule has 43 heavy (non-hydrogen) atoms.